The number of hydrogen-bond donors (Lipinski definition) is 2. The summed E-state index contributed by atoms with van der Waals surface area (Å²) in [5, 5.41) is 13.1. The van der Waals surface area contributed by atoms with Gasteiger partial charge in [-0.05, 0) is 36.5 Å². The lowest BCUT2D eigenvalue weighted by Gasteiger charge is -2.19. The average Bonchev–Trinajstić information content (AvgIpc) is 2.75. The predicted octanol–water partition coefficient (Wildman–Crippen LogP) is 2.73. The Hall–Kier alpha value is -0.640. The van der Waals surface area contributed by atoms with Crippen molar-refractivity contribution in [2.45, 2.75) is 31.8 Å². The van der Waals surface area contributed by atoms with Crippen LogP contribution in [-0.4, -0.2) is 17.8 Å². The first-order valence-corrected chi connectivity index (χ1v) is 6.36. The highest BCUT2D eigenvalue weighted by Gasteiger charge is 2.25. The lowest BCUT2D eigenvalue weighted by Crippen LogP contribution is -2.33. The van der Waals surface area contributed by atoms with Crippen molar-refractivity contribution in [1.29, 1.82) is 0 Å². The minimum atomic E-state index is -0.312. The number of halogens is 2. The Bertz CT molecular complexity index is 386. The molecule has 1 saturated carbocycles. The van der Waals surface area contributed by atoms with Crippen LogP contribution < -0.4 is 5.32 Å². The molecule has 0 aliphatic heterocycles. The van der Waals surface area contributed by atoms with Gasteiger partial charge in [0.15, 0.2) is 0 Å². The van der Waals surface area contributed by atoms with Crippen LogP contribution in [0.15, 0.2) is 18.2 Å². The molecule has 0 heterocycles. The summed E-state index contributed by atoms with van der Waals surface area (Å²) in [6.45, 7) is 0.856. The van der Waals surface area contributed by atoms with Gasteiger partial charge in [0.05, 0.1) is 0 Å². The van der Waals surface area contributed by atoms with E-state index in [0.29, 0.717) is 23.5 Å². The quantitative estimate of drug-likeness (QED) is 0.869. The van der Waals surface area contributed by atoms with E-state index in [9.17, 15) is 9.50 Å². The van der Waals surface area contributed by atoms with E-state index in [-0.39, 0.29) is 12.4 Å². The van der Waals surface area contributed by atoms with Crippen molar-refractivity contribution in [3.05, 3.63) is 34.6 Å². The fourth-order valence-corrected chi connectivity index (χ4v) is 2.66. The lowest BCUT2D eigenvalue weighted by molar-refractivity contribution is 0.205. The molecule has 2 N–H and O–H groups in total. The summed E-state index contributed by atoms with van der Waals surface area (Å²) in [4.78, 5) is 0. The second-order valence-corrected chi connectivity index (χ2v) is 5.00. The molecule has 0 radical (unpaired) electrons. The molecule has 2 unspecified atom stereocenters. The van der Waals surface area contributed by atoms with E-state index in [1.165, 1.54) is 12.1 Å². The Labute approximate surface area is 106 Å². The first-order chi connectivity index (χ1) is 8.20. The van der Waals surface area contributed by atoms with Crippen LogP contribution in [0.3, 0.4) is 0 Å². The molecule has 1 aromatic rings. The van der Waals surface area contributed by atoms with E-state index in [2.05, 4.69) is 5.32 Å². The minimum Gasteiger partial charge on any atom is -0.396 e. The molecule has 0 saturated heterocycles. The van der Waals surface area contributed by atoms with Crippen LogP contribution >= 0.6 is 11.6 Å². The van der Waals surface area contributed by atoms with Crippen molar-refractivity contribution in [1.82, 2.24) is 5.32 Å². The van der Waals surface area contributed by atoms with Crippen LogP contribution in [0.5, 0.6) is 0 Å². The minimum absolute atomic E-state index is 0.231. The summed E-state index contributed by atoms with van der Waals surface area (Å²) in [5.74, 6) is 0.0297. The number of aliphatic hydroxyl groups excluding tert-OH is 1. The number of nitrogens with one attached hydrogen (secondary N) is 1. The highest BCUT2D eigenvalue weighted by Crippen LogP contribution is 2.26. The molecule has 4 heteroatoms. The van der Waals surface area contributed by atoms with Crippen LogP contribution in [0.2, 0.25) is 5.02 Å². The van der Waals surface area contributed by atoms with E-state index in [1.54, 1.807) is 6.07 Å². The Kier molecular flexibility index (Phi) is 4.37. The zero-order valence-corrected chi connectivity index (χ0v) is 10.4. The summed E-state index contributed by atoms with van der Waals surface area (Å²) >= 11 is 5.96. The van der Waals surface area contributed by atoms with E-state index < -0.39 is 0 Å². The first-order valence-electron chi connectivity index (χ1n) is 5.99. The molecule has 0 spiro atoms. The fourth-order valence-electron chi connectivity index (χ4n) is 2.43. The van der Waals surface area contributed by atoms with E-state index in [1.807, 2.05) is 0 Å². The van der Waals surface area contributed by atoms with E-state index in [4.69, 9.17) is 11.6 Å². The van der Waals surface area contributed by atoms with Crippen molar-refractivity contribution in [3.63, 3.8) is 0 Å². The van der Waals surface area contributed by atoms with Crippen molar-refractivity contribution < 1.29 is 9.50 Å². The van der Waals surface area contributed by atoms with Crippen molar-refractivity contribution in [2.75, 3.05) is 6.61 Å². The normalized spacial score (nSPS) is 24.2. The number of benzene rings is 1. The third kappa shape index (κ3) is 3.18. The molecule has 0 bridgehead atoms. The summed E-state index contributed by atoms with van der Waals surface area (Å²) in [7, 11) is 0. The summed E-state index contributed by atoms with van der Waals surface area (Å²) in [6, 6.07) is 4.80. The third-order valence-corrected chi connectivity index (χ3v) is 3.82. The average molecular weight is 258 g/mol. The Morgan fingerprint density at radius 3 is 2.94 bits per heavy atom. The second-order valence-electron chi connectivity index (χ2n) is 4.60. The molecule has 94 valence electrons. The zero-order chi connectivity index (χ0) is 12.3. The topological polar surface area (TPSA) is 32.3 Å². The summed E-state index contributed by atoms with van der Waals surface area (Å²) < 4.78 is 12.9. The molecule has 2 atom stereocenters. The molecule has 17 heavy (non-hydrogen) atoms. The molecule has 1 fully saturated rings. The maximum absolute atomic E-state index is 12.9. The van der Waals surface area contributed by atoms with Gasteiger partial charge in [0.1, 0.15) is 5.82 Å². The van der Waals surface area contributed by atoms with Gasteiger partial charge >= 0.3 is 0 Å². The molecule has 0 aromatic heterocycles. The third-order valence-electron chi connectivity index (χ3n) is 3.46. The predicted molar refractivity (Wildman–Crippen MR) is 66.5 cm³/mol. The first kappa shape index (κ1) is 12.8. The molecule has 1 aromatic carbocycles. The molecule has 2 rings (SSSR count). The van der Waals surface area contributed by atoms with Gasteiger partial charge in [0.25, 0.3) is 0 Å². The van der Waals surface area contributed by atoms with Crippen LogP contribution in [0.1, 0.15) is 24.8 Å². The van der Waals surface area contributed by atoms with Crippen molar-refractivity contribution >= 4 is 11.6 Å². The van der Waals surface area contributed by atoms with E-state index >= 15 is 0 Å². The van der Waals surface area contributed by atoms with Gasteiger partial charge in [0, 0.05) is 24.2 Å². The van der Waals surface area contributed by atoms with Gasteiger partial charge in [0.2, 0.25) is 0 Å². The van der Waals surface area contributed by atoms with Crippen molar-refractivity contribution in [2.24, 2.45) is 5.92 Å². The smallest absolute Gasteiger partial charge is 0.124 e. The molecule has 2 nitrogen and oxygen atoms in total. The van der Waals surface area contributed by atoms with Crippen LogP contribution in [0, 0.1) is 11.7 Å². The Morgan fingerprint density at radius 1 is 1.41 bits per heavy atom. The van der Waals surface area contributed by atoms with Crippen LogP contribution in [-0.2, 0) is 6.54 Å². The lowest BCUT2D eigenvalue weighted by atomic mass is 10.0. The number of rotatable bonds is 4. The van der Waals surface area contributed by atoms with Gasteiger partial charge in [-0.2, -0.15) is 0 Å². The van der Waals surface area contributed by atoms with Gasteiger partial charge in [-0.1, -0.05) is 24.1 Å². The standard InChI is InChI=1S/C13H17ClFNO/c14-12-6-11(15)5-4-9(12)7-16-13-3-1-2-10(13)8-17/h4-6,10,13,16-17H,1-3,7-8H2. The Balaban J connectivity index is 1.93. The largest absolute Gasteiger partial charge is 0.396 e. The highest BCUT2D eigenvalue weighted by molar-refractivity contribution is 6.31. The van der Waals surface area contributed by atoms with Gasteiger partial charge in [-0.15, -0.1) is 0 Å². The molecular formula is C13H17ClFNO. The molecule has 1 aliphatic rings. The van der Waals surface area contributed by atoms with Gasteiger partial charge in [-0.25, -0.2) is 4.39 Å². The monoisotopic (exact) mass is 257 g/mol. The molecule has 1 aliphatic carbocycles. The Morgan fingerprint density at radius 2 is 2.24 bits per heavy atom. The van der Waals surface area contributed by atoms with Crippen molar-refractivity contribution in [3.8, 4) is 0 Å². The molecular weight excluding hydrogens is 241 g/mol. The van der Waals surface area contributed by atoms with Crippen LogP contribution in [0.25, 0.3) is 0 Å². The van der Waals surface area contributed by atoms with Gasteiger partial charge in [-0.3, -0.25) is 0 Å². The van der Waals surface area contributed by atoms with Gasteiger partial charge < -0.3 is 10.4 Å². The SMILES string of the molecule is OCC1CCCC1NCc1ccc(F)cc1Cl. The maximum Gasteiger partial charge on any atom is 0.124 e. The molecule has 0 amide bonds. The second kappa shape index (κ2) is 5.80. The zero-order valence-electron chi connectivity index (χ0n) is 9.63. The fraction of sp³-hybridized carbons (Fsp3) is 0.538. The number of hydrogen-bond acceptors (Lipinski definition) is 2. The number of aliphatic hydroxyl groups is 1. The highest BCUT2D eigenvalue weighted by atomic mass is 35.5. The maximum atomic E-state index is 12.9. The van der Waals surface area contributed by atoms with E-state index in [0.717, 1.165) is 24.8 Å². The summed E-state index contributed by atoms with van der Waals surface area (Å²) in [5.41, 5.74) is 0.900. The van der Waals surface area contributed by atoms with Crippen LogP contribution in [0.4, 0.5) is 4.39 Å². The summed E-state index contributed by atoms with van der Waals surface area (Å²) in [6.07, 6.45) is 3.31.